The molecular weight excluding hydrogens is 104 g/mol. The monoisotopic (exact) mass is 112 g/mol. The second-order valence-electron chi connectivity index (χ2n) is 1.82. The summed E-state index contributed by atoms with van der Waals surface area (Å²) in [6.45, 7) is 0.679. The topological polar surface area (TPSA) is 26.3 Å². The van der Waals surface area contributed by atoms with Gasteiger partial charge in [-0.1, -0.05) is 0 Å². The fraction of sp³-hybridized carbons (Fsp3) is 0.500. The highest BCUT2D eigenvalue weighted by Crippen LogP contribution is 2.09. The van der Waals surface area contributed by atoms with Crippen LogP contribution in [0.15, 0.2) is 12.3 Å². The van der Waals surface area contributed by atoms with Gasteiger partial charge in [-0.2, -0.15) is 0 Å². The summed E-state index contributed by atoms with van der Waals surface area (Å²) >= 11 is 0. The van der Waals surface area contributed by atoms with Gasteiger partial charge in [-0.25, -0.2) is 0 Å². The molecule has 1 unspecified atom stereocenters. The van der Waals surface area contributed by atoms with Crippen LogP contribution in [0.5, 0.6) is 0 Å². The second kappa shape index (κ2) is 2.50. The second-order valence-corrected chi connectivity index (χ2v) is 1.82. The summed E-state index contributed by atoms with van der Waals surface area (Å²) in [5.41, 5.74) is 0. The summed E-state index contributed by atoms with van der Waals surface area (Å²) in [4.78, 5) is 9.87. The molecule has 0 aliphatic carbocycles. The standard InChI is InChI=1S/C6H8O2/c7-3-1-6-2-4-8-5-6/h2-4,6H,1,5H2. The summed E-state index contributed by atoms with van der Waals surface area (Å²) in [7, 11) is 0. The van der Waals surface area contributed by atoms with E-state index in [1.165, 1.54) is 0 Å². The fourth-order valence-corrected chi connectivity index (χ4v) is 0.672. The molecule has 2 nitrogen and oxygen atoms in total. The maximum Gasteiger partial charge on any atom is 0.120 e. The van der Waals surface area contributed by atoms with Crippen LogP contribution in [0.3, 0.4) is 0 Å². The minimum Gasteiger partial charge on any atom is -0.501 e. The van der Waals surface area contributed by atoms with E-state index in [0.717, 1.165) is 6.29 Å². The van der Waals surface area contributed by atoms with Crippen molar-refractivity contribution in [3.63, 3.8) is 0 Å². The van der Waals surface area contributed by atoms with Crippen LogP contribution in [0.2, 0.25) is 0 Å². The number of carbonyl (C=O) groups is 1. The Kier molecular flexibility index (Phi) is 1.67. The molecule has 0 amide bonds. The normalized spacial score (nSPS) is 25.2. The van der Waals surface area contributed by atoms with Crippen molar-refractivity contribution in [2.45, 2.75) is 6.42 Å². The van der Waals surface area contributed by atoms with Crippen LogP contribution in [-0.4, -0.2) is 12.9 Å². The van der Waals surface area contributed by atoms with Crippen molar-refractivity contribution in [1.29, 1.82) is 0 Å². The average Bonchev–Trinajstić information content (AvgIpc) is 2.19. The Balaban J connectivity index is 2.25. The molecule has 44 valence electrons. The number of hydrogen-bond donors (Lipinski definition) is 0. The average molecular weight is 112 g/mol. The summed E-state index contributed by atoms with van der Waals surface area (Å²) in [6, 6.07) is 0. The first-order valence-electron chi connectivity index (χ1n) is 2.65. The molecule has 1 aliphatic rings. The summed E-state index contributed by atoms with van der Waals surface area (Å²) in [6.07, 6.45) is 5.07. The van der Waals surface area contributed by atoms with E-state index in [0.29, 0.717) is 18.9 Å². The Bertz CT molecular complexity index is 107. The maximum absolute atomic E-state index is 9.87. The molecule has 0 spiro atoms. The number of rotatable bonds is 2. The van der Waals surface area contributed by atoms with Gasteiger partial charge in [0.1, 0.15) is 6.29 Å². The molecule has 0 bridgehead atoms. The minimum absolute atomic E-state index is 0.340. The lowest BCUT2D eigenvalue weighted by atomic mass is 10.1. The highest BCUT2D eigenvalue weighted by Gasteiger charge is 2.07. The molecule has 1 rings (SSSR count). The van der Waals surface area contributed by atoms with Gasteiger partial charge in [0.2, 0.25) is 0 Å². The van der Waals surface area contributed by atoms with E-state index in [-0.39, 0.29) is 0 Å². The first-order valence-corrected chi connectivity index (χ1v) is 2.65. The third-order valence-corrected chi connectivity index (χ3v) is 1.16. The molecule has 0 fully saturated rings. The van der Waals surface area contributed by atoms with Crippen molar-refractivity contribution in [1.82, 2.24) is 0 Å². The lowest BCUT2D eigenvalue weighted by Gasteiger charge is -1.96. The molecule has 0 N–H and O–H groups in total. The third kappa shape index (κ3) is 1.09. The molecular formula is C6H8O2. The van der Waals surface area contributed by atoms with Gasteiger partial charge in [0.15, 0.2) is 0 Å². The largest absolute Gasteiger partial charge is 0.501 e. The molecule has 0 aromatic carbocycles. The predicted molar refractivity (Wildman–Crippen MR) is 29.3 cm³/mol. The molecule has 0 radical (unpaired) electrons. The number of hydrogen-bond acceptors (Lipinski definition) is 2. The zero-order valence-corrected chi connectivity index (χ0v) is 4.54. The first kappa shape index (κ1) is 5.35. The van der Waals surface area contributed by atoms with Crippen molar-refractivity contribution in [2.24, 2.45) is 5.92 Å². The van der Waals surface area contributed by atoms with Gasteiger partial charge in [0, 0.05) is 12.3 Å². The van der Waals surface area contributed by atoms with E-state index >= 15 is 0 Å². The van der Waals surface area contributed by atoms with Crippen molar-refractivity contribution in [3.8, 4) is 0 Å². The number of ether oxygens (including phenoxy) is 1. The van der Waals surface area contributed by atoms with Crippen LogP contribution < -0.4 is 0 Å². The number of aldehydes is 1. The molecule has 1 atom stereocenters. The third-order valence-electron chi connectivity index (χ3n) is 1.16. The van der Waals surface area contributed by atoms with E-state index in [1.807, 2.05) is 6.08 Å². The molecule has 0 aromatic rings. The van der Waals surface area contributed by atoms with E-state index in [9.17, 15) is 4.79 Å². The van der Waals surface area contributed by atoms with E-state index in [2.05, 4.69) is 0 Å². The van der Waals surface area contributed by atoms with Crippen LogP contribution in [-0.2, 0) is 9.53 Å². The highest BCUT2D eigenvalue weighted by molar-refractivity contribution is 5.50. The maximum atomic E-state index is 9.87. The van der Waals surface area contributed by atoms with Crippen LogP contribution in [0.1, 0.15) is 6.42 Å². The molecule has 2 heteroatoms. The van der Waals surface area contributed by atoms with E-state index in [1.54, 1.807) is 6.26 Å². The Morgan fingerprint density at radius 3 is 3.25 bits per heavy atom. The zero-order valence-electron chi connectivity index (χ0n) is 4.54. The molecule has 0 saturated heterocycles. The summed E-state index contributed by atoms with van der Waals surface area (Å²) in [5, 5.41) is 0. The fourth-order valence-electron chi connectivity index (χ4n) is 0.672. The molecule has 0 saturated carbocycles. The number of carbonyl (C=O) groups excluding carboxylic acids is 1. The van der Waals surface area contributed by atoms with Crippen LogP contribution in [0.4, 0.5) is 0 Å². The molecule has 1 aliphatic heterocycles. The minimum atomic E-state index is 0.340. The van der Waals surface area contributed by atoms with Gasteiger partial charge in [0.25, 0.3) is 0 Å². The molecule has 1 heterocycles. The van der Waals surface area contributed by atoms with E-state index < -0.39 is 0 Å². The van der Waals surface area contributed by atoms with Crippen LogP contribution >= 0.6 is 0 Å². The zero-order chi connectivity index (χ0) is 5.82. The van der Waals surface area contributed by atoms with Crippen LogP contribution in [0, 0.1) is 5.92 Å². The van der Waals surface area contributed by atoms with Gasteiger partial charge in [-0.05, 0) is 6.08 Å². The molecule has 8 heavy (non-hydrogen) atoms. The predicted octanol–water partition coefficient (Wildman–Crippen LogP) is 0.736. The van der Waals surface area contributed by atoms with Gasteiger partial charge in [-0.3, -0.25) is 0 Å². The van der Waals surface area contributed by atoms with Gasteiger partial charge in [0.05, 0.1) is 12.9 Å². The summed E-state index contributed by atoms with van der Waals surface area (Å²) in [5.74, 6) is 0.340. The lowest BCUT2D eigenvalue weighted by Crippen LogP contribution is -1.98. The van der Waals surface area contributed by atoms with Crippen molar-refractivity contribution >= 4 is 6.29 Å². The van der Waals surface area contributed by atoms with Crippen molar-refractivity contribution < 1.29 is 9.53 Å². The van der Waals surface area contributed by atoms with Gasteiger partial charge < -0.3 is 9.53 Å². The SMILES string of the molecule is O=CCC1C=COC1. The Labute approximate surface area is 48.1 Å². The summed E-state index contributed by atoms with van der Waals surface area (Å²) < 4.78 is 4.87. The lowest BCUT2D eigenvalue weighted by molar-refractivity contribution is -0.108. The van der Waals surface area contributed by atoms with Gasteiger partial charge >= 0.3 is 0 Å². The smallest absolute Gasteiger partial charge is 0.120 e. The quantitative estimate of drug-likeness (QED) is 0.492. The van der Waals surface area contributed by atoms with Gasteiger partial charge in [-0.15, -0.1) is 0 Å². The Morgan fingerprint density at radius 2 is 2.75 bits per heavy atom. The van der Waals surface area contributed by atoms with Crippen molar-refractivity contribution in [2.75, 3.05) is 6.61 Å². The Morgan fingerprint density at radius 1 is 1.88 bits per heavy atom. The van der Waals surface area contributed by atoms with Crippen molar-refractivity contribution in [3.05, 3.63) is 12.3 Å². The highest BCUT2D eigenvalue weighted by atomic mass is 16.5. The Hall–Kier alpha value is -0.790. The first-order chi connectivity index (χ1) is 3.93. The van der Waals surface area contributed by atoms with Crippen LogP contribution in [0.25, 0.3) is 0 Å². The van der Waals surface area contributed by atoms with E-state index in [4.69, 9.17) is 4.74 Å². The molecule has 0 aromatic heterocycles.